The lowest BCUT2D eigenvalue weighted by atomic mass is 9.94. The molecule has 0 radical (unpaired) electrons. The molecule has 0 bridgehead atoms. The number of aliphatic hydroxyl groups is 1. The van der Waals surface area contributed by atoms with Gasteiger partial charge in [0.05, 0.1) is 22.9 Å². The zero-order valence-electron chi connectivity index (χ0n) is 15.5. The van der Waals surface area contributed by atoms with Crippen LogP contribution in [0.4, 0.5) is 5.82 Å². The average molecular weight is 401 g/mol. The number of nitrogens with two attached hydrogens (primary N) is 1. The zero-order chi connectivity index (χ0) is 19.9. The van der Waals surface area contributed by atoms with Crippen LogP contribution in [-0.4, -0.2) is 40.0 Å². The molecule has 4 rings (SSSR count). The van der Waals surface area contributed by atoms with Gasteiger partial charge in [-0.15, -0.1) is 0 Å². The smallest absolute Gasteiger partial charge is 0.240 e. The molecule has 0 saturated heterocycles. The third-order valence-electron chi connectivity index (χ3n) is 5.27. The van der Waals surface area contributed by atoms with E-state index >= 15 is 0 Å². The second-order valence-corrected chi connectivity index (χ2v) is 8.97. The number of aryl methyl sites for hydroxylation is 1. The summed E-state index contributed by atoms with van der Waals surface area (Å²) in [6.45, 7) is 1.92. The summed E-state index contributed by atoms with van der Waals surface area (Å²) in [7, 11) is -3.67. The molecule has 1 fully saturated rings. The number of benzene rings is 1. The number of aromatic nitrogens is 3. The quantitative estimate of drug-likeness (QED) is 0.613. The molecular formula is C19H23N5O3S. The van der Waals surface area contributed by atoms with Crippen LogP contribution < -0.4 is 10.5 Å². The molecule has 3 aromatic rings. The summed E-state index contributed by atoms with van der Waals surface area (Å²) in [5, 5.41) is 9.62. The number of sulfonamides is 1. The van der Waals surface area contributed by atoms with Crippen LogP contribution in [0, 0.1) is 6.92 Å². The van der Waals surface area contributed by atoms with Crippen molar-refractivity contribution in [3.8, 4) is 11.3 Å². The van der Waals surface area contributed by atoms with E-state index in [4.69, 9.17) is 5.73 Å². The molecule has 1 aliphatic rings. The van der Waals surface area contributed by atoms with Gasteiger partial charge in [0.2, 0.25) is 10.0 Å². The summed E-state index contributed by atoms with van der Waals surface area (Å²) in [5.41, 5.74) is 8.85. The van der Waals surface area contributed by atoms with Gasteiger partial charge in [-0.05, 0) is 50.3 Å². The van der Waals surface area contributed by atoms with Crippen molar-refractivity contribution in [3.05, 3.63) is 42.4 Å². The number of rotatable bonds is 4. The van der Waals surface area contributed by atoms with Crippen LogP contribution >= 0.6 is 0 Å². The summed E-state index contributed by atoms with van der Waals surface area (Å²) in [4.78, 5) is 8.55. The lowest BCUT2D eigenvalue weighted by Crippen LogP contribution is -2.38. The first-order valence-corrected chi connectivity index (χ1v) is 10.7. The van der Waals surface area contributed by atoms with Gasteiger partial charge >= 0.3 is 0 Å². The molecule has 148 valence electrons. The van der Waals surface area contributed by atoms with Crippen molar-refractivity contribution in [3.63, 3.8) is 0 Å². The molecule has 0 amide bonds. The van der Waals surface area contributed by atoms with E-state index in [0.29, 0.717) is 37.1 Å². The Morgan fingerprint density at radius 2 is 1.96 bits per heavy atom. The largest absolute Gasteiger partial charge is 0.393 e. The molecule has 8 nitrogen and oxygen atoms in total. The van der Waals surface area contributed by atoms with Crippen LogP contribution in [0.25, 0.3) is 16.9 Å². The van der Waals surface area contributed by atoms with Crippen molar-refractivity contribution in [2.45, 2.75) is 49.6 Å². The van der Waals surface area contributed by atoms with Gasteiger partial charge in [-0.25, -0.2) is 23.1 Å². The van der Waals surface area contributed by atoms with Crippen molar-refractivity contribution in [1.29, 1.82) is 0 Å². The Morgan fingerprint density at radius 3 is 2.71 bits per heavy atom. The molecule has 0 aliphatic heterocycles. The molecular weight excluding hydrogens is 378 g/mol. The predicted octanol–water partition coefficient (Wildman–Crippen LogP) is 1.87. The molecule has 0 atom stereocenters. The maximum Gasteiger partial charge on any atom is 0.240 e. The van der Waals surface area contributed by atoms with E-state index in [2.05, 4.69) is 14.7 Å². The second kappa shape index (κ2) is 7.16. The van der Waals surface area contributed by atoms with Gasteiger partial charge in [-0.2, -0.15) is 0 Å². The van der Waals surface area contributed by atoms with Gasteiger partial charge in [0.15, 0.2) is 11.5 Å². The lowest BCUT2D eigenvalue weighted by Gasteiger charge is -2.26. The van der Waals surface area contributed by atoms with E-state index in [9.17, 15) is 13.5 Å². The third kappa shape index (κ3) is 3.48. The van der Waals surface area contributed by atoms with Crippen LogP contribution in [0.5, 0.6) is 0 Å². The Bertz CT molecular complexity index is 1120. The molecule has 1 saturated carbocycles. The van der Waals surface area contributed by atoms with Gasteiger partial charge in [-0.3, -0.25) is 4.40 Å². The number of nitrogens with zero attached hydrogens (tertiary/aromatic N) is 3. The number of fused-ring (bicyclic) bond motifs is 1. The lowest BCUT2D eigenvalue weighted by molar-refractivity contribution is 0.120. The van der Waals surface area contributed by atoms with Crippen LogP contribution in [0.3, 0.4) is 0 Å². The maximum absolute atomic E-state index is 12.9. The molecule has 2 aromatic heterocycles. The van der Waals surface area contributed by atoms with Crippen molar-refractivity contribution in [2.24, 2.45) is 0 Å². The first-order valence-electron chi connectivity index (χ1n) is 9.24. The SMILES string of the molecule is Cc1ccc(S(=O)(=O)N[C@H]2CC[C@H](O)CC2)cc1-c1cnc2c(N)nccn12. The number of aliphatic hydroxyl groups excluding tert-OH is 1. The molecule has 2 heterocycles. The first kappa shape index (κ1) is 18.9. The molecule has 0 spiro atoms. The Hall–Kier alpha value is -2.49. The maximum atomic E-state index is 12.9. The van der Waals surface area contributed by atoms with Crippen LogP contribution in [-0.2, 0) is 10.0 Å². The van der Waals surface area contributed by atoms with Crippen molar-refractivity contribution in [2.75, 3.05) is 5.73 Å². The minimum atomic E-state index is -3.67. The Kier molecular flexibility index (Phi) is 4.82. The number of imidazole rings is 1. The highest BCUT2D eigenvalue weighted by molar-refractivity contribution is 7.89. The fourth-order valence-corrected chi connectivity index (χ4v) is 4.99. The third-order valence-corrected chi connectivity index (χ3v) is 6.79. The first-order chi connectivity index (χ1) is 13.3. The standard InChI is InChI=1S/C19H23N5O3S/c1-12-2-7-15(28(26,27)23-13-3-5-14(25)6-4-13)10-16(12)17-11-22-19-18(20)21-8-9-24(17)19/h2,7-11,13-14,23,25H,3-6H2,1H3,(H2,20,21)/t13-,14-. The highest BCUT2D eigenvalue weighted by atomic mass is 32.2. The van der Waals surface area contributed by atoms with Gasteiger partial charge in [0.25, 0.3) is 0 Å². The van der Waals surface area contributed by atoms with E-state index in [0.717, 1.165) is 16.8 Å². The summed E-state index contributed by atoms with van der Waals surface area (Å²) >= 11 is 0. The predicted molar refractivity (Wildman–Crippen MR) is 106 cm³/mol. The Balaban J connectivity index is 1.69. The van der Waals surface area contributed by atoms with Crippen molar-refractivity contribution >= 4 is 21.5 Å². The summed E-state index contributed by atoms with van der Waals surface area (Å²) in [6.07, 6.45) is 7.18. The number of nitrogens with one attached hydrogen (secondary N) is 1. The fourth-order valence-electron chi connectivity index (χ4n) is 3.66. The number of anilines is 1. The highest BCUT2D eigenvalue weighted by Gasteiger charge is 2.25. The van der Waals surface area contributed by atoms with Crippen LogP contribution in [0.15, 0.2) is 41.7 Å². The highest BCUT2D eigenvalue weighted by Crippen LogP contribution is 2.28. The Labute approximate surface area is 163 Å². The van der Waals surface area contributed by atoms with Crippen molar-refractivity contribution < 1.29 is 13.5 Å². The van der Waals surface area contributed by atoms with Gasteiger partial charge in [0, 0.05) is 24.0 Å². The van der Waals surface area contributed by atoms with E-state index in [1.54, 1.807) is 41.2 Å². The topological polar surface area (TPSA) is 123 Å². The summed E-state index contributed by atoms with van der Waals surface area (Å²) in [5.74, 6) is 0.316. The van der Waals surface area contributed by atoms with Crippen LogP contribution in [0.1, 0.15) is 31.2 Å². The molecule has 9 heteroatoms. The van der Waals surface area contributed by atoms with E-state index in [1.807, 2.05) is 6.92 Å². The number of nitrogen functional groups attached to an aromatic ring is 1. The molecule has 1 aliphatic carbocycles. The minimum Gasteiger partial charge on any atom is -0.393 e. The fraction of sp³-hybridized carbons (Fsp3) is 0.368. The minimum absolute atomic E-state index is 0.153. The van der Waals surface area contributed by atoms with Crippen molar-refractivity contribution in [1.82, 2.24) is 19.1 Å². The van der Waals surface area contributed by atoms with Gasteiger partial charge < -0.3 is 10.8 Å². The van der Waals surface area contributed by atoms with E-state index < -0.39 is 10.0 Å². The van der Waals surface area contributed by atoms with E-state index in [-0.39, 0.29) is 17.0 Å². The monoisotopic (exact) mass is 401 g/mol. The summed E-state index contributed by atoms with van der Waals surface area (Å²) < 4.78 is 30.4. The molecule has 4 N–H and O–H groups in total. The molecule has 28 heavy (non-hydrogen) atoms. The second-order valence-electron chi connectivity index (χ2n) is 7.25. The van der Waals surface area contributed by atoms with Gasteiger partial charge in [-0.1, -0.05) is 6.07 Å². The molecule has 0 unspecified atom stereocenters. The summed E-state index contributed by atoms with van der Waals surface area (Å²) in [6, 6.07) is 4.91. The molecule has 1 aromatic carbocycles. The Morgan fingerprint density at radius 1 is 1.21 bits per heavy atom. The van der Waals surface area contributed by atoms with E-state index in [1.165, 1.54) is 0 Å². The zero-order valence-corrected chi connectivity index (χ0v) is 16.4. The normalized spacial score (nSPS) is 20.5. The average Bonchev–Trinajstić information content (AvgIpc) is 3.09. The van der Waals surface area contributed by atoms with Gasteiger partial charge in [0.1, 0.15) is 0 Å². The van der Waals surface area contributed by atoms with Crippen LogP contribution in [0.2, 0.25) is 0 Å². The number of hydrogen-bond donors (Lipinski definition) is 3. The number of hydrogen-bond acceptors (Lipinski definition) is 6.